The van der Waals surface area contributed by atoms with Crippen LogP contribution in [-0.2, 0) is 17.9 Å². The zero-order valence-electron chi connectivity index (χ0n) is 14.9. The molecule has 1 unspecified atom stereocenters. The second-order valence-corrected chi connectivity index (χ2v) is 6.59. The average molecular weight is 351 g/mol. The van der Waals surface area contributed by atoms with Crippen LogP contribution in [0.3, 0.4) is 0 Å². The summed E-state index contributed by atoms with van der Waals surface area (Å²) in [7, 11) is 0. The van der Waals surface area contributed by atoms with Crippen molar-refractivity contribution in [2.24, 2.45) is 0 Å². The number of aromatic amines is 1. The first-order chi connectivity index (χ1) is 12.6. The lowest BCUT2D eigenvalue weighted by Gasteiger charge is -2.23. The van der Waals surface area contributed by atoms with Gasteiger partial charge >= 0.3 is 0 Å². The van der Waals surface area contributed by atoms with Crippen LogP contribution >= 0.6 is 0 Å². The first-order valence-electron chi connectivity index (χ1n) is 8.77. The number of aryl methyl sites for hydroxylation is 2. The van der Waals surface area contributed by atoms with E-state index in [1.165, 1.54) is 0 Å². The van der Waals surface area contributed by atoms with Gasteiger partial charge in [-0.15, -0.1) is 10.2 Å². The number of carbonyl (C=O) groups is 1. The third kappa shape index (κ3) is 2.87. The summed E-state index contributed by atoms with van der Waals surface area (Å²) in [5, 5.41) is 18.8. The first-order valence-corrected chi connectivity index (χ1v) is 8.77. The molecule has 4 rings (SSSR count). The summed E-state index contributed by atoms with van der Waals surface area (Å²) in [5.74, 6) is 1.24. The van der Waals surface area contributed by atoms with Crippen LogP contribution < -0.4 is 5.32 Å². The third-order valence-electron chi connectivity index (χ3n) is 4.94. The average Bonchev–Trinajstić information content (AvgIpc) is 3.24. The summed E-state index contributed by atoms with van der Waals surface area (Å²) in [4.78, 5) is 16.8. The van der Waals surface area contributed by atoms with Gasteiger partial charge in [0.25, 0.3) is 0 Å². The highest BCUT2D eigenvalue weighted by molar-refractivity contribution is 5.83. The van der Waals surface area contributed by atoms with E-state index in [0.717, 1.165) is 53.5 Å². The number of hydrogen-bond donors (Lipinski definition) is 2. The van der Waals surface area contributed by atoms with E-state index in [-0.39, 0.29) is 11.8 Å². The molecule has 1 atom stereocenters. The molecule has 0 saturated carbocycles. The molecule has 0 bridgehead atoms. The summed E-state index contributed by atoms with van der Waals surface area (Å²) in [6.07, 6.45) is 5.17. The number of hydrogen-bond acceptors (Lipinski definition) is 5. The Morgan fingerprint density at radius 1 is 1.31 bits per heavy atom. The molecule has 4 heterocycles. The second-order valence-electron chi connectivity index (χ2n) is 6.59. The fourth-order valence-corrected chi connectivity index (χ4v) is 3.47. The van der Waals surface area contributed by atoms with Crippen LogP contribution in [0.15, 0.2) is 24.5 Å². The van der Waals surface area contributed by atoms with E-state index in [4.69, 9.17) is 0 Å². The van der Waals surface area contributed by atoms with Crippen molar-refractivity contribution >= 4 is 5.91 Å². The van der Waals surface area contributed by atoms with Crippen LogP contribution in [-0.4, -0.2) is 35.9 Å². The van der Waals surface area contributed by atoms with Gasteiger partial charge in [-0.2, -0.15) is 5.10 Å². The van der Waals surface area contributed by atoms with E-state index in [2.05, 4.69) is 35.3 Å². The minimum absolute atomic E-state index is 0.0142. The molecule has 0 spiro atoms. The quantitative estimate of drug-likeness (QED) is 0.747. The Balaban J connectivity index is 1.55. The fraction of sp³-hybridized carbons (Fsp3) is 0.389. The number of pyridine rings is 1. The van der Waals surface area contributed by atoms with Crippen molar-refractivity contribution < 1.29 is 4.79 Å². The molecule has 134 valence electrons. The van der Waals surface area contributed by atoms with E-state index >= 15 is 0 Å². The van der Waals surface area contributed by atoms with Crippen LogP contribution in [0, 0.1) is 13.8 Å². The number of carbonyl (C=O) groups excluding carboxylic acids is 1. The maximum absolute atomic E-state index is 12.8. The minimum atomic E-state index is -0.278. The van der Waals surface area contributed by atoms with Crippen molar-refractivity contribution in [2.75, 3.05) is 0 Å². The van der Waals surface area contributed by atoms with Crippen molar-refractivity contribution in [1.29, 1.82) is 0 Å². The van der Waals surface area contributed by atoms with E-state index in [1.54, 1.807) is 12.4 Å². The monoisotopic (exact) mass is 351 g/mol. The molecule has 0 aliphatic carbocycles. The number of fused-ring (bicyclic) bond motifs is 1. The van der Waals surface area contributed by atoms with Gasteiger partial charge in [-0.05, 0) is 38.8 Å². The zero-order valence-corrected chi connectivity index (χ0v) is 14.9. The van der Waals surface area contributed by atoms with Gasteiger partial charge in [0.1, 0.15) is 5.82 Å². The van der Waals surface area contributed by atoms with E-state index in [9.17, 15) is 4.79 Å². The molecule has 8 nitrogen and oxygen atoms in total. The van der Waals surface area contributed by atoms with Crippen LogP contribution in [0.25, 0.3) is 11.4 Å². The Hall–Kier alpha value is -3.03. The van der Waals surface area contributed by atoms with E-state index < -0.39 is 0 Å². The Morgan fingerprint density at radius 2 is 2.12 bits per heavy atom. The summed E-state index contributed by atoms with van der Waals surface area (Å²) >= 11 is 0. The van der Waals surface area contributed by atoms with Gasteiger partial charge in [-0.25, -0.2) is 0 Å². The van der Waals surface area contributed by atoms with Gasteiger partial charge in [-0.1, -0.05) is 0 Å². The minimum Gasteiger partial charge on any atom is -0.351 e. The molecule has 3 aromatic heterocycles. The number of aromatic nitrogens is 6. The smallest absolute Gasteiger partial charge is 0.231 e. The van der Waals surface area contributed by atoms with Crippen molar-refractivity contribution in [3.05, 3.63) is 47.3 Å². The van der Waals surface area contributed by atoms with E-state index in [1.807, 2.05) is 26.0 Å². The lowest BCUT2D eigenvalue weighted by molar-refractivity contribution is -0.123. The molecule has 2 N–H and O–H groups in total. The summed E-state index contributed by atoms with van der Waals surface area (Å²) in [6, 6.07) is 3.82. The number of nitrogens with zero attached hydrogens (tertiary/aromatic N) is 5. The van der Waals surface area contributed by atoms with Gasteiger partial charge in [0.15, 0.2) is 5.82 Å². The number of H-pyrrole nitrogens is 1. The van der Waals surface area contributed by atoms with Gasteiger partial charge in [0.2, 0.25) is 5.91 Å². The molecule has 1 aliphatic heterocycles. The lowest BCUT2D eigenvalue weighted by Crippen LogP contribution is -2.33. The predicted molar refractivity (Wildman–Crippen MR) is 95.1 cm³/mol. The molecule has 0 radical (unpaired) electrons. The molecule has 3 aromatic rings. The van der Waals surface area contributed by atoms with Crippen LogP contribution in [0.4, 0.5) is 0 Å². The summed E-state index contributed by atoms with van der Waals surface area (Å²) < 4.78 is 2.05. The maximum atomic E-state index is 12.8. The van der Waals surface area contributed by atoms with Crippen LogP contribution in [0.1, 0.15) is 41.5 Å². The third-order valence-corrected chi connectivity index (χ3v) is 4.94. The maximum Gasteiger partial charge on any atom is 0.231 e. The van der Waals surface area contributed by atoms with Gasteiger partial charge in [0.05, 0.1) is 11.6 Å². The largest absolute Gasteiger partial charge is 0.351 e. The molecular weight excluding hydrogens is 330 g/mol. The van der Waals surface area contributed by atoms with Gasteiger partial charge < -0.3 is 9.88 Å². The molecule has 26 heavy (non-hydrogen) atoms. The number of amides is 1. The Morgan fingerprint density at radius 3 is 2.85 bits per heavy atom. The molecule has 0 aromatic carbocycles. The SMILES string of the molecule is Cc1n[nH]c(C)c1CNC(=O)C1CCCn2c(-c3ccncc3)nnc21. The Labute approximate surface area is 151 Å². The highest BCUT2D eigenvalue weighted by Crippen LogP contribution is 2.30. The second kappa shape index (κ2) is 6.70. The molecule has 8 heteroatoms. The molecular formula is C18H21N7O. The van der Waals surface area contributed by atoms with Crippen molar-refractivity contribution in [3.8, 4) is 11.4 Å². The van der Waals surface area contributed by atoms with Crippen LogP contribution in [0.2, 0.25) is 0 Å². The number of rotatable bonds is 4. The van der Waals surface area contributed by atoms with Crippen molar-refractivity contribution in [3.63, 3.8) is 0 Å². The molecule has 0 saturated heterocycles. The summed E-state index contributed by atoms with van der Waals surface area (Å²) in [6.45, 7) is 5.18. The standard InChI is InChI=1S/C18H21N7O/c1-11-15(12(2)22-21-11)10-20-18(26)14-4-3-9-25-16(23-24-17(14)25)13-5-7-19-8-6-13/h5-8,14H,3-4,9-10H2,1-2H3,(H,20,26)(H,21,22). The zero-order chi connectivity index (χ0) is 18.1. The number of nitrogens with one attached hydrogen (secondary N) is 2. The van der Waals surface area contributed by atoms with Crippen LogP contribution in [0.5, 0.6) is 0 Å². The van der Waals surface area contributed by atoms with E-state index in [0.29, 0.717) is 6.54 Å². The Kier molecular flexibility index (Phi) is 4.24. The van der Waals surface area contributed by atoms with Crippen molar-refractivity contribution in [1.82, 2.24) is 35.3 Å². The molecule has 0 fully saturated rings. The predicted octanol–water partition coefficient (Wildman–Crippen LogP) is 1.87. The fourth-order valence-electron chi connectivity index (χ4n) is 3.47. The topological polar surface area (TPSA) is 101 Å². The lowest BCUT2D eigenvalue weighted by atomic mass is 9.97. The Bertz CT molecular complexity index is 909. The van der Waals surface area contributed by atoms with Gasteiger partial charge in [0, 0.05) is 42.3 Å². The van der Waals surface area contributed by atoms with Crippen molar-refractivity contribution in [2.45, 2.75) is 45.7 Å². The normalized spacial score (nSPS) is 16.3. The molecule has 1 aliphatic rings. The highest BCUT2D eigenvalue weighted by atomic mass is 16.1. The summed E-state index contributed by atoms with van der Waals surface area (Å²) in [5.41, 5.74) is 3.89. The molecule has 1 amide bonds. The first kappa shape index (κ1) is 16.4. The highest BCUT2D eigenvalue weighted by Gasteiger charge is 2.31. The van der Waals surface area contributed by atoms with Gasteiger partial charge in [-0.3, -0.25) is 14.9 Å².